The number of furan rings is 1. The van der Waals surface area contributed by atoms with Crippen LogP contribution in [0.25, 0.3) is 11.0 Å². The van der Waals surface area contributed by atoms with Crippen molar-refractivity contribution in [3.8, 4) is 0 Å². The molecule has 1 aliphatic carbocycles. The van der Waals surface area contributed by atoms with E-state index in [1.165, 1.54) is 25.7 Å². The third-order valence-corrected chi connectivity index (χ3v) is 5.66. The van der Waals surface area contributed by atoms with Crippen LogP contribution in [0.15, 0.2) is 34.7 Å². The van der Waals surface area contributed by atoms with Crippen molar-refractivity contribution in [2.24, 2.45) is 11.7 Å². The molecule has 1 heterocycles. The molecule has 0 saturated heterocycles. The summed E-state index contributed by atoms with van der Waals surface area (Å²) >= 11 is 2.03. The van der Waals surface area contributed by atoms with Crippen molar-refractivity contribution < 1.29 is 4.42 Å². The Bertz CT molecular complexity index is 532. The van der Waals surface area contributed by atoms with Crippen LogP contribution in [-0.2, 0) is 0 Å². The third-order valence-electron chi connectivity index (χ3n) is 4.21. The fourth-order valence-electron chi connectivity index (χ4n) is 3.04. The third kappa shape index (κ3) is 3.21. The lowest BCUT2D eigenvalue weighted by Gasteiger charge is -2.26. The van der Waals surface area contributed by atoms with Crippen molar-refractivity contribution in [2.75, 3.05) is 5.75 Å². The molecule has 20 heavy (non-hydrogen) atoms. The van der Waals surface area contributed by atoms with Gasteiger partial charge >= 0.3 is 0 Å². The summed E-state index contributed by atoms with van der Waals surface area (Å²) < 4.78 is 5.85. The Kier molecular flexibility index (Phi) is 4.37. The van der Waals surface area contributed by atoms with Gasteiger partial charge in [0.05, 0.1) is 6.04 Å². The van der Waals surface area contributed by atoms with Crippen LogP contribution in [0, 0.1) is 5.92 Å². The Balaban J connectivity index is 1.59. The predicted molar refractivity (Wildman–Crippen MR) is 87.0 cm³/mol. The molecule has 1 aliphatic rings. The van der Waals surface area contributed by atoms with Crippen molar-refractivity contribution in [2.45, 2.75) is 43.9 Å². The molecule has 2 nitrogen and oxygen atoms in total. The molecule has 2 N–H and O–H groups in total. The van der Waals surface area contributed by atoms with Gasteiger partial charge in [0, 0.05) is 16.4 Å². The van der Waals surface area contributed by atoms with Crippen LogP contribution in [0.3, 0.4) is 0 Å². The van der Waals surface area contributed by atoms with Gasteiger partial charge in [0.1, 0.15) is 11.3 Å². The number of fused-ring (bicyclic) bond motifs is 1. The van der Waals surface area contributed by atoms with E-state index < -0.39 is 0 Å². The zero-order valence-electron chi connectivity index (χ0n) is 12.0. The molecule has 1 saturated carbocycles. The lowest BCUT2D eigenvalue weighted by Crippen LogP contribution is -2.19. The van der Waals surface area contributed by atoms with Gasteiger partial charge in [0.2, 0.25) is 0 Å². The second kappa shape index (κ2) is 6.23. The molecule has 0 amide bonds. The minimum Gasteiger partial charge on any atom is -0.459 e. The summed E-state index contributed by atoms with van der Waals surface area (Å²) in [4.78, 5) is 0. The number of rotatable bonds is 4. The lowest BCUT2D eigenvalue weighted by molar-refractivity contribution is 0.394. The largest absolute Gasteiger partial charge is 0.459 e. The molecule has 1 fully saturated rings. The zero-order chi connectivity index (χ0) is 13.9. The SMILES string of the molecule is CC1CCCC(SCC(N)c2cc3ccccc3o2)C1. The van der Waals surface area contributed by atoms with E-state index in [9.17, 15) is 0 Å². The van der Waals surface area contributed by atoms with Crippen molar-refractivity contribution in [3.63, 3.8) is 0 Å². The average molecular weight is 289 g/mol. The van der Waals surface area contributed by atoms with Crippen molar-refractivity contribution in [3.05, 3.63) is 36.1 Å². The average Bonchev–Trinajstić information content (AvgIpc) is 2.89. The highest BCUT2D eigenvalue weighted by Gasteiger charge is 2.21. The number of hydrogen-bond acceptors (Lipinski definition) is 3. The van der Waals surface area contributed by atoms with Crippen molar-refractivity contribution in [1.82, 2.24) is 0 Å². The van der Waals surface area contributed by atoms with Gasteiger partial charge in [-0.3, -0.25) is 0 Å². The van der Waals surface area contributed by atoms with Crippen LogP contribution in [-0.4, -0.2) is 11.0 Å². The van der Waals surface area contributed by atoms with E-state index in [2.05, 4.69) is 19.1 Å². The summed E-state index contributed by atoms with van der Waals surface area (Å²) in [5.41, 5.74) is 7.24. The van der Waals surface area contributed by atoms with Crippen LogP contribution >= 0.6 is 11.8 Å². The Labute approximate surface area is 125 Å². The van der Waals surface area contributed by atoms with Gasteiger partial charge in [-0.1, -0.05) is 38.0 Å². The van der Waals surface area contributed by atoms with Gasteiger partial charge < -0.3 is 10.2 Å². The Hall–Kier alpha value is -0.930. The van der Waals surface area contributed by atoms with E-state index in [-0.39, 0.29) is 6.04 Å². The molecule has 3 unspecified atom stereocenters. The highest BCUT2D eigenvalue weighted by atomic mass is 32.2. The van der Waals surface area contributed by atoms with Crippen molar-refractivity contribution >= 4 is 22.7 Å². The first-order valence-electron chi connectivity index (χ1n) is 7.58. The van der Waals surface area contributed by atoms with Gasteiger partial charge in [0.15, 0.2) is 0 Å². The molecule has 0 bridgehead atoms. The van der Waals surface area contributed by atoms with Gasteiger partial charge in [0.25, 0.3) is 0 Å². The minimum atomic E-state index is 0.00429. The summed E-state index contributed by atoms with van der Waals surface area (Å²) in [5, 5.41) is 1.93. The molecule has 3 atom stereocenters. The fraction of sp³-hybridized carbons (Fsp3) is 0.529. The van der Waals surface area contributed by atoms with Crippen molar-refractivity contribution in [1.29, 1.82) is 0 Å². The number of thioether (sulfide) groups is 1. The zero-order valence-corrected chi connectivity index (χ0v) is 12.9. The summed E-state index contributed by atoms with van der Waals surface area (Å²) in [6.45, 7) is 2.37. The van der Waals surface area contributed by atoms with E-state index in [1.807, 2.05) is 30.0 Å². The van der Waals surface area contributed by atoms with Crippen LogP contribution in [0.2, 0.25) is 0 Å². The molecule has 3 rings (SSSR count). The molecule has 0 spiro atoms. The molecule has 1 aromatic heterocycles. The minimum absolute atomic E-state index is 0.00429. The molecule has 3 heteroatoms. The molecule has 2 aromatic rings. The second-order valence-electron chi connectivity index (χ2n) is 6.02. The van der Waals surface area contributed by atoms with Crippen LogP contribution < -0.4 is 5.73 Å². The van der Waals surface area contributed by atoms with E-state index in [0.29, 0.717) is 0 Å². The molecule has 108 valence electrons. The Morgan fingerprint density at radius 2 is 2.20 bits per heavy atom. The van der Waals surface area contributed by atoms with E-state index in [0.717, 1.165) is 33.7 Å². The smallest absolute Gasteiger partial charge is 0.134 e. The lowest BCUT2D eigenvalue weighted by atomic mass is 9.91. The molecular weight excluding hydrogens is 266 g/mol. The molecule has 1 aromatic carbocycles. The fourth-order valence-corrected chi connectivity index (χ4v) is 4.48. The first-order chi connectivity index (χ1) is 9.72. The Morgan fingerprint density at radius 1 is 1.35 bits per heavy atom. The van der Waals surface area contributed by atoms with Gasteiger partial charge in [-0.25, -0.2) is 0 Å². The topological polar surface area (TPSA) is 39.2 Å². The first-order valence-corrected chi connectivity index (χ1v) is 8.63. The summed E-state index contributed by atoms with van der Waals surface area (Å²) in [6, 6.07) is 10.2. The summed E-state index contributed by atoms with van der Waals surface area (Å²) in [6.07, 6.45) is 5.46. The second-order valence-corrected chi connectivity index (χ2v) is 7.35. The van der Waals surface area contributed by atoms with E-state index in [4.69, 9.17) is 10.2 Å². The summed E-state index contributed by atoms with van der Waals surface area (Å²) in [5.74, 6) is 2.75. The first kappa shape index (κ1) is 14.0. The maximum Gasteiger partial charge on any atom is 0.134 e. The maximum absolute atomic E-state index is 6.30. The quantitative estimate of drug-likeness (QED) is 0.883. The highest BCUT2D eigenvalue weighted by molar-refractivity contribution is 7.99. The normalized spacial score (nSPS) is 24.9. The number of hydrogen-bond donors (Lipinski definition) is 1. The predicted octanol–water partition coefficient (Wildman–Crippen LogP) is 4.74. The highest BCUT2D eigenvalue weighted by Crippen LogP contribution is 2.34. The molecule has 0 radical (unpaired) electrons. The number of nitrogens with two attached hydrogens (primary N) is 1. The summed E-state index contributed by atoms with van der Waals surface area (Å²) in [7, 11) is 0. The standard InChI is InChI=1S/C17H23NOS/c1-12-5-4-7-14(9-12)20-11-15(18)17-10-13-6-2-3-8-16(13)19-17/h2-3,6,8,10,12,14-15H,4-5,7,9,11,18H2,1H3. The maximum atomic E-state index is 6.30. The van der Waals surface area contributed by atoms with Crippen LogP contribution in [0.1, 0.15) is 44.4 Å². The monoisotopic (exact) mass is 289 g/mol. The van der Waals surface area contributed by atoms with E-state index >= 15 is 0 Å². The van der Waals surface area contributed by atoms with Crippen LogP contribution in [0.5, 0.6) is 0 Å². The van der Waals surface area contributed by atoms with Gasteiger partial charge in [-0.2, -0.15) is 11.8 Å². The van der Waals surface area contributed by atoms with E-state index in [1.54, 1.807) is 0 Å². The molecule has 0 aliphatic heterocycles. The Morgan fingerprint density at radius 3 is 3.00 bits per heavy atom. The molecular formula is C17H23NOS. The van der Waals surface area contributed by atoms with Gasteiger partial charge in [-0.15, -0.1) is 0 Å². The van der Waals surface area contributed by atoms with Gasteiger partial charge in [-0.05, 0) is 30.9 Å². The van der Waals surface area contributed by atoms with Crippen LogP contribution in [0.4, 0.5) is 0 Å². The number of para-hydroxylation sites is 1. The number of benzene rings is 1.